The topological polar surface area (TPSA) is 0 Å². The molecule has 0 unspecified atom stereocenters. The monoisotopic (exact) mass is 230 g/mol. The number of unbranched alkanes of at least 4 members (excludes halogenated alkanes) is 1. The van der Waals surface area contributed by atoms with Crippen LogP contribution in [0.1, 0.15) is 30.9 Å². The Hall–Kier alpha value is -1.50. The van der Waals surface area contributed by atoms with E-state index in [1.54, 1.807) is 12.8 Å². The number of rotatable bonds is 3. The zero-order valence-corrected chi connectivity index (χ0v) is 8.71. The Kier molecular flexibility index (Phi) is 3.94. The van der Waals surface area contributed by atoms with Gasteiger partial charge >= 0.3 is 0 Å². The maximum absolute atomic E-state index is 13.3. The normalized spacial score (nSPS) is 10.2. The van der Waals surface area contributed by atoms with Crippen molar-refractivity contribution >= 4 is 0 Å². The first-order chi connectivity index (χ1) is 7.54. The molecule has 1 rings (SSSR count). The Morgan fingerprint density at radius 2 is 1.50 bits per heavy atom. The van der Waals surface area contributed by atoms with Gasteiger partial charge in [0.15, 0.2) is 23.3 Å². The molecule has 0 fully saturated rings. The average Bonchev–Trinajstić information content (AvgIpc) is 2.27. The van der Waals surface area contributed by atoms with Gasteiger partial charge in [-0.05, 0) is 12.8 Å². The van der Waals surface area contributed by atoms with Gasteiger partial charge in [-0.3, -0.25) is 0 Å². The maximum Gasteiger partial charge on any atom is 0.177 e. The van der Waals surface area contributed by atoms with Crippen molar-refractivity contribution in [2.45, 2.75) is 26.2 Å². The van der Waals surface area contributed by atoms with Crippen LogP contribution < -0.4 is 0 Å². The summed E-state index contributed by atoms with van der Waals surface area (Å²) in [5.74, 6) is -4.16. The second kappa shape index (κ2) is 5.02. The highest BCUT2D eigenvalue weighted by Crippen LogP contribution is 2.24. The molecule has 1 aromatic carbocycles. The molecule has 0 aliphatic rings. The molecule has 86 valence electrons. The van der Waals surface area contributed by atoms with Crippen LogP contribution in [0.15, 0.2) is 0 Å². The number of benzene rings is 1. The van der Waals surface area contributed by atoms with E-state index in [4.69, 9.17) is 6.42 Å². The van der Waals surface area contributed by atoms with Crippen LogP contribution in [-0.2, 0) is 6.42 Å². The lowest BCUT2D eigenvalue weighted by molar-refractivity contribution is 0.434. The Balaban J connectivity index is 3.37. The predicted octanol–water partition coefficient (Wildman–Crippen LogP) is 3.57. The van der Waals surface area contributed by atoms with Crippen molar-refractivity contribution in [2.75, 3.05) is 0 Å². The lowest BCUT2D eigenvalue weighted by Crippen LogP contribution is -2.06. The summed E-state index contributed by atoms with van der Waals surface area (Å²) in [5.41, 5.74) is -1.56. The maximum atomic E-state index is 13.3. The molecule has 0 aliphatic heterocycles. The molecular weight excluding hydrogens is 220 g/mol. The van der Waals surface area contributed by atoms with Crippen LogP contribution in [0, 0.1) is 35.6 Å². The molecule has 0 nitrogen and oxygen atoms in total. The molecule has 0 bridgehead atoms. The highest BCUT2D eigenvalue weighted by atomic mass is 19.2. The summed E-state index contributed by atoms with van der Waals surface area (Å²) in [6.07, 6.45) is 5.84. The van der Waals surface area contributed by atoms with Crippen molar-refractivity contribution in [1.29, 1.82) is 0 Å². The molecular formula is C12H10F4. The molecule has 0 N–H and O–H groups in total. The summed E-state index contributed by atoms with van der Waals surface area (Å²) in [4.78, 5) is 0. The third-order valence-corrected chi connectivity index (χ3v) is 2.28. The van der Waals surface area contributed by atoms with E-state index in [0.717, 1.165) is 0 Å². The van der Waals surface area contributed by atoms with Gasteiger partial charge in [-0.25, -0.2) is 17.6 Å². The predicted molar refractivity (Wildman–Crippen MR) is 52.8 cm³/mol. The number of hydrogen-bond donors (Lipinski definition) is 0. The van der Waals surface area contributed by atoms with Crippen LogP contribution in [-0.4, -0.2) is 0 Å². The first-order valence-electron chi connectivity index (χ1n) is 4.86. The van der Waals surface area contributed by atoms with E-state index in [-0.39, 0.29) is 6.42 Å². The van der Waals surface area contributed by atoms with Gasteiger partial charge in [0, 0.05) is 5.56 Å². The molecule has 0 aliphatic carbocycles. The molecule has 0 heterocycles. The summed E-state index contributed by atoms with van der Waals surface area (Å²) >= 11 is 0. The van der Waals surface area contributed by atoms with E-state index in [2.05, 4.69) is 0 Å². The third kappa shape index (κ3) is 2.04. The Morgan fingerprint density at radius 3 is 1.88 bits per heavy atom. The second-order valence-electron chi connectivity index (χ2n) is 3.36. The van der Waals surface area contributed by atoms with Gasteiger partial charge in [0.1, 0.15) is 5.56 Å². The molecule has 0 spiro atoms. The van der Waals surface area contributed by atoms with Crippen LogP contribution >= 0.6 is 0 Å². The summed E-state index contributed by atoms with van der Waals surface area (Å²) in [6.45, 7) is 1.80. The van der Waals surface area contributed by atoms with Crippen LogP contribution in [0.3, 0.4) is 0 Å². The van der Waals surface area contributed by atoms with E-state index < -0.39 is 34.4 Å². The van der Waals surface area contributed by atoms with Gasteiger partial charge in [0.2, 0.25) is 0 Å². The SMILES string of the molecule is C#Cc1c(F)c(F)c(CCCC)c(F)c1F. The molecule has 0 saturated carbocycles. The first kappa shape index (κ1) is 12.6. The van der Waals surface area contributed by atoms with Crippen molar-refractivity contribution in [3.8, 4) is 12.3 Å². The van der Waals surface area contributed by atoms with Gasteiger partial charge < -0.3 is 0 Å². The third-order valence-electron chi connectivity index (χ3n) is 2.28. The minimum Gasteiger partial charge on any atom is -0.203 e. The standard InChI is InChI=1S/C12H10F4/c1-3-5-6-8-11(15)9(13)7(4-2)10(14)12(8)16/h2H,3,5-6H2,1H3. The van der Waals surface area contributed by atoms with Crippen molar-refractivity contribution in [2.24, 2.45) is 0 Å². The summed E-state index contributed by atoms with van der Waals surface area (Å²) in [5, 5.41) is 0. The number of halogens is 4. The summed E-state index contributed by atoms with van der Waals surface area (Å²) < 4.78 is 53.1. The molecule has 0 amide bonds. The molecule has 0 aromatic heterocycles. The molecule has 16 heavy (non-hydrogen) atoms. The van der Waals surface area contributed by atoms with E-state index in [9.17, 15) is 17.6 Å². The van der Waals surface area contributed by atoms with Crippen molar-refractivity contribution < 1.29 is 17.6 Å². The van der Waals surface area contributed by atoms with E-state index in [0.29, 0.717) is 12.8 Å². The Morgan fingerprint density at radius 1 is 1.00 bits per heavy atom. The Bertz CT molecular complexity index is 414. The molecule has 0 atom stereocenters. The van der Waals surface area contributed by atoms with Gasteiger partial charge in [-0.1, -0.05) is 19.3 Å². The zero-order valence-electron chi connectivity index (χ0n) is 8.71. The van der Waals surface area contributed by atoms with E-state index in [1.165, 1.54) is 0 Å². The minimum absolute atomic E-state index is 0.0488. The second-order valence-corrected chi connectivity index (χ2v) is 3.36. The number of terminal acetylenes is 1. The molecule has 4 heteroatoms. The van der Waals surface area contributed by atoms with Crippen LogP contribution in [0.2, 0.25) is 0 Å². The van der Waals surface area contributed by atoms with Crippen LogP contribution in [0.4, 0.5) is 17.6 Å². The van der Waals surface area contributed by atoms with Gasteiger partial charge in [0.25, 0.3) is 0 Å². The average molecular weight is 230 g/mol. The van der Waals surface area contributed by atoms with Gasteiger partial charge in [-0.15, -0.1) is 6.42 Å². The van der Waals surface area contributed by atoms with Crippen molar-refractivity contribution in [3.05, 3.63) is 34.4 Å². The zero-order chi connectivity index (χ0) is 12.3. The van der Waals surface area contributed by atoms with Crippen molar-refractivity contribution in [3.63, 3.8) is 0 Å². The molecule has 1 aromatic rings. The fraction of sp³-hybridized carbons (Fsp3) is 0.333. The highest BCUT2D eigenvalue weighted by molar-refractivity contribution is 5.39. The van der Waals surface area contributed by atoms with Crippen LogP contribution in [0.5, 0.6) is 0 Å². The van der Waals surface area contributed by atoms with E-state index >= 15 is 0 Å². The molecule has 0 saturated heterocycles. The summed E-state index contributed by atoms with van der Waals surface area (Å²) in [7, 11) is 0. The largest absolute Gasteiger partial charge is 0.203 e. The summed E-state index contributed by atoms with van der Waals surface area (Å²) in [6, 6.07) is 0. The minimum atomic E-state index is -1.49. The van der Waals surface area contributed by atoms with E-state index in [1.807, 2.05) is 0 Å². The quantitative estimate of drug-likeness (QED) is 0.423. The molecule has 0 radical (unpaired) electrons. The lowest BCUT2D eigenvalue weighted by atomic mass is 10.0. The first-order valence-corrected chi connectivity index (χ1v) is 4.86. The smallest absolute Gasteiger partial charge is 0.177 e. The Labute approximate surface area is 91.3 Å². The van der Waals surface area contributed by atoms with Gasteiger partial charge in [0.05, 0.1) is 0 Å². The fourth-order valence-electron chi connectivity index (χ4n) is 1.38. The lowest BCUT2D eigenvalue weighted by Gasteiger charge is -2.08. The fourth-order valence-corrected chi connectivity index (χ4v) is 1.38. The van der Waals surface area contributed by atoms with Crippen LogP contribution in [0.25, 0.3) is 0 Å². The van der Waals surface area contributed by atoms with Crippen molar-refractivity contribution in [1.82, 2.24) is 0 Å². The van der Waals surface area contributed by atoms with Gasteiger partial charge in [-0.2, -0.15) is 0 Å². The number of hydrogen-bond acceptors (Lipinski definition) is 0. The highest BCUT2D eigenvalue weighted by Gasteiger charge is 2.23.